The molecule has 0 aliphatic carbocycles. The highest BCUT2D eigenvalue weighted by Gasteiger charge is 2.09. The van der Waals surface area contributed by atoms with Crippen molar-refractivity contribution in [2.24, 2.45) is 5.16 Å². The molecule has 0 saturated heterocycles. The third-order valence-electron chi connectivity index (χ3n) is 2.85. The summed E-state index contributed by atoms with van der Waals surface area (Å²) in [5, 5.41) is 16.5. The van der Waals surface area contributed by atoms with Crippen molar-refractivity contribution in [1.29, 1.82) is 0 Å². The van der Waals surface area contributed by atoms with Crippen LogP contribution in [0.2, 0.25) is 0 Å². The van der Waals surface area contributed by atoms with E-state index in [1.54, 1.807) is 6.07 Å². The molecular weight excluding hydrogens is 264 g/mol. The number of rotatable bonds is 3. The van der Waals surface area contributed by atoms with Crippen LogP contribution in [0.15, 0.2) is 41.6 Å². The molecule has 1 amide bonds. The maximum Gasteiger partial charge on any atom is 0.217 e. The number of fused-ring (bicyclic) bond motifs is 1. The van der Waals surface area contributed by atoms with Gasteiger partial charge in [0.05, 0.1) is 0 Å². The molecule has 0 fully saturated rings. The van der Waals surface area contributed by atoms with Gasteiger partial charge in [0.1, 0.15) is 0 Å². The molecule has 0 radical (unpaired) electrons. The highest BCUT2D eigenvalue weighted by molar-refractivity contribution is 6.70. The lowest BCUT2D eigenvalue weighted by Gasteiger charge is -2.10. The minimum Gasteiger partial charge on any atom is -0.410 e. The Morgan fingerprint density at radius 1 is 1.26 bits per heavy atom. The number of benzene rings is 2. The Hall–Kier alpha value is -2.07. The second-order valence-electron chi connectivity index (χ2n) is 4.12. The number of hydrogen-bond acceptors (Lipinski definition) is 3. The first kappa shape index (κ1) is 13.4. The number of amides is 1. The average Bonchev–Trinajstić information content (AvgIpc) is 2.43. The molecule has 5 heteroatoms. The predicted molar refractivity (Wildman–Crippen MR) is 75.6 cm³/mol. The topological polar surface area (TPSA) is 61.7 Å². The minimum atomic E-state index is -0.0805. The molecule has 0 atom stereocenters. The van der Waals surface area contributed by atoms with E-state index in [4.69, 9.17) is 16.8 Å². The maximum absolute atomic E-state index is 11.0. The molecule has 0 unspecified atom stereocenters. The third kappa shape index (κ3) is 2.85. The molecule has 0 heterocycles. The molecule has 0 aliphatic heterocycles. The van der Waals surface area contributed by atoms with Crippen molar-refractivity contribution in [2.45, 2.75) is 13.5 Å². The first-order chi connectivity index (χ1) is 9.13. The molecule has 4 nitrogen and oxygen atoms in total. The molecule has 2 N–H and O–H groups in total. The standard InChI is InChI=1S/C14H13ClN2O2/c1-9(18)16-8-10-6-7-13(14(15)17-19)12-5-3-2-4-11(10)12/h2-7,19H,8H2,1H3,(H,16,18). The highest BCUT2D eigenvalue weighted by atomic mass is 35.5. The molecule has 2 aromatic carbocycles. The summed E-state index contributed by atoms with van der Waals surface area (Å²) < 4.78 is 0. The van der Waals surface area contributed by atoms with Gasteiger partial charge in [-0.2, -0.15) is 0 Å². The molecule has 19 heavy (non-hydrogen) atoms. The van der Waals surface area contributed by atoms with E-state index in [1.165, 1.54) is 6.92 Å². The Kier molecular flexibility index (Phi) is 4.02. The van der Waals surface area contributed by atoms with Crippen LogP contribution >= 0.6 is 11.6 Å². The second-order valence-corrected chi connectivity index (χ2v) is 4.48. The van der Waals surface area contributed by atoms with Crippen LogP contribution in [0.1, 0.15) is 18.1 Å². The number of oxime groups is 1. The van der Waals surface area contributed by atoms with Crippen LogP contribution in [0, 0.1) is 0 Å². The van der Waals surface area contributed by atoms with Crippen molar-refractivity contribution < 1.29 is 10.0 Å². The number of nitrogens with zero attached hydrogens (tertiary/aromatic N) is 1. The van der Waals surface area contributed by atoms with E-state index in [2.05, 4.69) is 10.5 Å². The van der Waals surface area contributed by atoms with Gasteiger partial charge in [-0.25, -0.2) is 0 Å². The number of carbonyl (C=O) groups is 1. The van der Waals surface area contributed by atoms with Crippen LogP contribution < -0.4 is 5.32 Å². The summed E-state index contributed by atoms with van der Waals surface area (Å²) in [5.74, 6) is -0.0805. The summed E-state index contributed by atoms with van der Waals surface area (Å²) in [4.78, 5) is 11.0. The largest absolute Gasteiger partial charge is 0.410 e. The second kappa shape index (κ2) is 5.71. The van der Waals surface area contributed by atoms with Gasteiger partial charge in [-0.3, -0.25) is 4.79 Å². The van der Waals surface area contributed by atoms with Crippen molar-refractivity contribution in [3.05, 3.63) is 47.5 Å². The summed E-state index contributed by atoms with van der Waals surface area (Å²) in [6.07, 6.45) is 0. The van der Waals surface area contributed by atoms with E-state index in [0.29, 0.717) is 12.1 Å². The first-order valence-electron chi connectivity index (χ1n) is 5.76. The third-order valence-corrected chi connectivity index (χ3v) is 3.13. The smallest absolute Gasteiger partial charge is 0.217 e. The fourth-order valence-corrected chi connectivity index (χ4v) is 2.13. The van der Waals surface area contributed by atoms with Crippen molar-refractivity contribution in [3.8, 4) is 0 Å². The number of hydrogen-bond donors (Lipinski definition) is 2. The summed E-state index contributed by atoms with van der Waals surface area (Å²) in [5.41, 5.74) is 1.64. The van der Waals surface area contributed by atoms with Crippen LogP contribution in [0.25, 0.3) is 10.8 Å². The Balaban J connectivity index is 2.55. The summed E-state index contributed by atoms with van der Waals surface area (Å²) in [6, 6.07) is 11.3. The number of carbonyl (C=O) groups excluding carboxylic acids is 1. The molecule has 0 aliphatic rings. The van der Waals surface area contributed by atoms with Gasteiger partial charge in [0.25, 0.3) is 0 Å². The normalized spacial score (nSPS) is 11.6. The molecule has 0 aromatic heterocycles. The minimum absolute atomic E-state index is 0.0438. The van der Waals surface area contributed by atoms with E-state index in [9.17, 15) is 4.79 Å². The van der Waals surface area contributed by atoms with Crippen LogP contribution in [-0.4, -0.2) is 16.3 Å². The van der Waals surface area contributed by atoms with Crippen LogP contribution in [0.3, 0.4) is 0 Å². The molecule has 98 valence electrons. The van der Waals surface area contributed by atoms with Gasteiger partial charge in [0.15, 0.2) is 5.17 Å². The molecule has 2 aromatic rings. The zero-order chi connectivity index (χ0) is 13.8. The van der Waals surface area contributed by atoms with Gasteiger partial charge in [0.2, 0.25) is 5.91 Å². The SMILES string of the molecule is CC(=O)NCc1ccc(C(Cl)=NO)c2ccccc12. The van der Waals surface area contributed by atoms with E-state index < -0.39 is 0 Å². The van der Waals surface area contributed by atoms with Gasteiger partial charge >= 0.3 is 0 Å². The van der Waals surface area contributed by atoms with Crippen molar-refractivity contribution in [3.63, 3.8) is 0 Å². The first-order valence-corrected chi connectivity index (χ1v) is 6.14. The fraction of sp³-hybridized carbons (Fsp3) is 0.143. The van der Waals surface area contributed by atoms with E-state index in [0.717, 1.165) is 16.3 Å². The zero-order valence-corrected chi connectivity index (χ0v) is 11.1. The van der Waals surface area contributed by atoms with Gasteiger partial charge < -0.3 is 10.5 Å². The summed E-state index contributed by atoms with van der Waals surface area (Å²) in [6.45, 7) is 1.93. The molecule has 0 spiro atoms. The Bertz CT molecular complexity index is 653. The number of halogens is 1. The zero-order valence-electron chi connectivity index (χ0n) is 10.4. The van der Waals surface area contributed by atoms with E-state index >= 15 is 0 Å². The van der Waals surface area contributed by atoms with Crippen molar-refractivity contribution >= 4 is 33.5 Å². The van der Waals surface area contributed by atoms with Gasteiger partial charge in [-0.05, 0) is 16.3 Å². The van der Waals surface area contributed by atoms with Gasteiger partial charge in [0, 0.05) is 19.0 Å². The quantitative estimate of drug-likeness (QED) is 0.514. The summed E-state index contributed by atoms with van der Waals surface area (Å²) >= 11 is 5.88. The van der Waals surface area contributed by atoms with E-state index in [-0.39, 0.29) is 11.1 Å². The Labute approximate surface area is 115 Å². The predicted octanol–water partition coefficient (Wildman–Crippen LogP) is 2.85. The van der Waals surface area contributed by atoms with Crippen molar-refractivity contribution in [1.82, 2.24) is 5.32 Å². The van der Waals surface area contributed by atoms with Gasteiger partial charge in [-0.1, -0.05) is 53.2 Å². The highest BCUT2D eigenvalue weighted by Crippen LogP contribution is 2.24. The number of nitrogens with one attached hydrogen (secondary N) is 1. The molecule has 2 rings (SSSR count). The lowest BCUT2D eigenvalue weighted by molar-refractivity contribution is -0.119. The average molecular weight is 277 g/mol. The molecular formula is C14H13ClN2O2. The molecule has 0 bridgehead atoms. The maximum atomic E-state index is 11.0. The molecule has 0 saturated carbocycles. The lowest BCUT2D eigenvalue weighted by atomic mass is 10.00. The Morgan fingerprint density at radius 3 is 2.58 bits per heavy atom. The lowest BCUT2D eigenvalue weighted by Crippen LogP contribution is -2.19. The van der Waals surface area contributed by atoms with Crippen LogP contribution in [0.5, 0.6) is 0 Å². The van der Waals surface area contributed by atoms with Crippen molar-refractivity contribution in [2.75, 3.05) is 0 Å². The Morgan fingerprint density at radius 2 is 1.95 bits per heavy atom. The monoisotopic (exact) mass is 276 g/mol. The van der Waals surface area contributed by atoms with Gasteiger partial charge in [-0.15, -0.1) is 0 Å². The fourth-order valence-electron chi connectivity index (χ4n) is 1.97. The van der Waals surface area contributed by atoms with Crippen LogP contribution in [-0.2, 0) is 11.3 Å². The van der Waals surface area contributed by atoms with E-state index in [1.807, 2.05) is 30.3 Å². The van der Waals surface area contributed by atoms with Crippen LogP contribution in [0.4, 0.5) is 0 Å². The summed E-state index contributed by atoms with van der Waals surface area (Å²) in [7, 11) is 0.